The number of phenols is 1. The van der Waals surface area contributed by atoms with Gasteiger partial charge in [0.05, 0.1) is 31.4 Å². The lowest BCUT2D eigenvalue weighted by atomic mass is 9.69. The van der Waals surface area contributed by atoms with Crippen molar-refractivity contribution in [2.75, 3.05) is 44.8 Å². The minimum Gasteiger partial charge on any atom is -0.508 e. The quantitative estimate of drug-likeness (QED) is 0.0868. The Bertz CT molecular complexity index is 2120. The largest absolute Gasteiger partial charge is 0.508 e. The monoisotopic (exact) mass is 813 g/mol. The van der Waals surface area contributed by atoms with E-state index in [4.69, 9.17) is 4.43 Å². The highest BCUT2D eigenvalue weighted by molar-refractivity contribution is 6.99. The zero-order chi connectivity index (χ0) is 41.3. The first kappa shape index (κ1) is 41.6. The summed E-state index contributed by atoms with van der Waals surface area (Å²) in [6.07, 6.45) is 0.759. The molecule has 2 atom stereocenters. The van der Waals surface area contributed by atoms with Crippen molar-refractivity contribution < 1.29 is 31.5 Å². The van der Waals surface area contributed by atoms with Gasteiger partial charge in [0.25, 0.3) is 14.2 Å². The zero-order valence-corrected chi connectivity index (χ0v) is 34.5. The molecule has 2 aliphatic heterocycles. The molecule has 1 fully saturated rings. The minimum atomic E-state index is -3.53. The lowest BCUT2D eigenvalue weighted by Crippen LogP contribution is -2.68. The van der Waals surface area contributed by atoms with Gasteiger partial charge in [0.15, 0.2) is 0 Å². The third-order valence-corrected chi connectivity index (χ3v) is 16.8. The van der Waals surface area contributed by atoms with E-state index in [2.05, 4.69) is 10.2 Å². The predicted octanol–water partition coefficient (Wildman–Crippen LogP) is 8.88. The van der Waals surface area contributed by atoms with Gasteiger partial charge in [0.1, 0.15) is 22.9 Å². The van der Waals surface area contributed by atoms with Gasteiger partial charge < -0.3 is 14.8 Å². The van der Waals surface area contributed by atoms with E-state index in [1.54, 1.807) is 31.2 Å². The normalized spacial score (nSPS) is 19.4. The number of aromatic hydroxyl groups is 1. The first-order valence-corrected chi connectivity index (χ1v) is 21.9. The topological polar surface area (TPSA) is 48.0 Å². The number of nitrogens with one attached hydrogen (secondary N) is 1. The number of phenolic OH excluding ortho intramolecular Hbond substituents is 1. The molecule has 0 aliphatic carbocycles. The van der Waals surface area contributed by atoms with Gasteiger partial charge in [-0.2, -0.15) is 0 Å². The fourth-order valence-electron chi connectivity index (χ4n) is 9.35. The Morgan fingerprint density at radius 2 is 1.43 bits per heavy atom. The summed E-state index contributed by atoms with van der Waals surface area (Å²) in [4.78, 5) is 3.56. The molecular formula is C47H52F5N3O2Si. The standard InChI is InChI=1S/C47H52F5N3O2Si/c1-33-25-34-15-11-12-22-41(34)47(35-16-13-17-38(56)26-35,44-42(49)27-36(28-43(44)50)53-37-29-54(30-37)24-14-23-48)55(33)31-46(51,52)32-57-58(45(2,3)4,39-18-7-5-8-19-39)40-20-9-6-10-21-40/h5-13,15-22,26-28,33,37,53,56H,14,23-25,29-32H2,1-4H3/t33-,47+/m1/s1. The van der Waals surface area contributed by atoms with Gasteiger partial charge in [0.2, 0.25) is 0 Å². The molecule has 5 aromatic carbocycles. The van der Waals surface area contributed by atoms with Crippen LogP contribution in [-0.4, -0.2) is 80.7 Å². The van der Waals surface area contributed by atoms with Crippen LogP contribution in [0.3, 0.4) is 0 Å². The van der Waals surface area contributed by atoms with E-state index in [0.29, 0.717) is 38.0 Å². The molecule has 2 heterocycles. The number of hydrogen-bond acceptors (Lipinski definition) is 5. The van der Waals surface area contributed by atoms with Crippen LogP contribution in [0.25, 0.3) is 0 Å². The van der Waals surface area contributed by atoms with Gasteiger partial charge in [-0.05, 0) is 76.1 Å². The number of alkyl halides is 3. The second kappa shape index (κ2) is 16.6. The summed E-state index contributed by atoms with van der Waals surface area (Å²) in [5.41, 5.74) is -0.678. The summed E-state index contributed by atoms with van der Waals surface area (Å²) in [5, 5.41) is 15.2. The van der Waals surface area contributed by atoms with Crippen molar-refractivity contribution in [3.8, 4) is 5.75 Å². The van der Waals surface area contributed by atoms with Crippen LogP contribution in [-0.2, 0) is 16.4 Å². The van der Waals surface area contributed by atoms with E-state index in [1.165, 1.54) is 29.2 Å². The third kappa shape index (κ3) is 7.81. The molecule has 0 spiro atoms. The number of likely N-dealkylation sites (tertiary alicyclic amines) is 1. The summed E-state index contributed by atoms with van der Waals surface area (Å²) in [6, 6.07) is 34.0. The number of rotatable bonds is 14. The second-order valence-corrected chi connectivity index (χ2v) is 21.2. The Kier molecular flexibility index (Phi) is 11.9. The maximum Gasteiger partial charge on any atom is 0.282 e. The summed E-state index contributed by atoms with van der Waals surface area (Å²) < 4.78 is 88.4. The van der Waals surface area contributed by atoms with Crippen LogP contribution in [0, 0.1) is 11.6 Å². The molecule has 2 N–H and O–H groups in total. The highest BCUT2D eigenvalue weighted by atomic mass is 28.4. The molecule has 0 amide bonds. The average Bonchev–Trinajstić information content (AvgIpc) is 3.17. The van der Waals surface area contributed by atoms with E-state index < -0.39 is 67.9 Å². The molecule has 58 heavy (non-hydrogen) atoms. The van der Waals surface area contributed by atoms with Crippen molar-refractivity contribution in [1.82, 2.24) is 9.80 Å². The van der Waals surface area contributed by atoms with Crippen molar-refractivity contribution in [2.24, 2.45) is 0 Å². The number of fused-ring (bicyclic) bond motifs is 1. The van der Waals surface area contributed by atoms with E-state index in [1.807, 2.05) is 93.6 Å². The number of hydrogen-bond donors (Lipinski definition) is 2. The van der Waals surface area contributed by atoms with Crippen molar-refractivity contribution in [3.63, 3.8) is 0 Å². The molecule has 0 bridgehead atoms. The Balaban J connectivity index is 1.33. The van der Waals surface area contributed by atoms with Crippen LogP contribution >= 0.6 is 0 Å². The fraction of sp³-hybridized carbons (Fsp3) is 0.362. The fourth-order valence-corrected chi connectivity index (χ4v) is 13.9. The van der Waals surface area contributed by atoms with Gasteiger partial charge in [0, 0.05) is 31.4 Å². The third-order valence-electron chi connectivity index (χ3n) is 11.8. The van der Waals surface area contributed by atoms with Crippen LogP contribution in [0.5, 0.6) is 5.75 Å². The Labute approximate surface area is 339 Å². The van der Waals surface area contributed by atoms with Crippen LogP contribution in [0.2, 0.25) is 5.04 Å². The average molecular weight is 814 g/mol. The number of benzene rings is 5. The van der Waals surface area contributed by atoms with Crippen LogP contribution in [0.1, 0.15) is 56.4 Å². The number of anilines is 1. The van der Waals surface area contributed by atoms with E-state index in [-0.39, 0.29) is 23.0 Å². The van der Waals surface area contributed by atoms with Gasteiger partial charge in [-0.1, -0.05) is 118 Å². The summed E-state index contributed by atoms with van der Waals surface area (Å²) in [6.45, 7) is 7.39. The molecule has 7 rings (SSSR count). The Morgan fingerprint density at radius 1 is 0.828 bits per heavy atom. The Morgan fingerprint density at radius 3 is 2.02 bits per heavy atom. The molecule has 0 saturated carbocycles. The summed E-state index contributed by atoms with van der Waals surface area (Å²) in [5.74, 6) is -5.53. The van der Waals surface area contributed by atoms with Crippen molar-refractivity contribution in [3.05, 3.63) is 155 Å². The highest BCUT2D eigenvalue weighted by Crippen LogP contribution is 2.51. The molecule has 2 aliphatic rings. The SMILES string of the molecule is C[C@@H]1Cc2ccccc2[C@@](c2cccc(O)c2)(c2c(F)cc(NC3CN(CCCF)C3)cc2F)N1CC(F)(F)CO[Si](c1ccccc1)(c1ccccc1)C(C)(C)C. The van der Waals surface area contributed by atoms with Gasteiger partial charge in [-0.25, -0.2) is 17.6 Å². The minimum absolute atomic E-state index is 0.0922. The highest BCUT2D eigenvalue weighted by Gasteiger charge is 2.56. The van der Waals surface area contributed by atoms with Crippen molar-refractivity contribution in [2.45, 2.75) is 69.1 Å². The van der Waals surface area contributed by atoms with Gasteiger partial charge in [-0.3, -0.25) is 14.2 Å². The number of halogens is 5. The van der Waals surface area contributed by atoms with E-state index in [0.717, 1.165) is 15.9 Å². The van der Waals surface area contributed by atoms with Crippen molar-refractivity contribution >= 4 is 24.4 Å². The van der Waals surface area contributed by atoms with Gasteiger partial charge >= 0.3 is 0 Å². The second-order valence-electron chi connectivity index (χ2n) is 16.9. The molecule has 0 radical (unpaired) electrons. The molecule has 5 aromatic rings. The molecule has 11 heteroatoms. The summed E-state index contributed by atoms with van der Waals surface area (Å²) >= 11 is 0. The lowest BCUT2D eigenvalue weighted by molar-refractivity contribution is -0.0929. The smallest absolute Gasteiger partial charge is 0.282 e. The molecule has 1 saturated heterocycles. The van der Waals surface area contributed by atoms with Crippen LogP contribution in [0.15, 0.2) is 121 Å². The molecule has 0 aromatic heterocycles. The molecule has 5 nitrogen and oxygen atoms in total. The van der Waals surface area contributed by atoms with Crippen molar-refractivity contribution in [1.29, 1.82) is 0 Å². The molecule has 306 valence electrons. The van der Waals surface area contributed by atoms with E-state index in [9.17, 15) is 9.50 Å². The zero-order valence-electron chi connectivity index (χ0n) is 33.5. The maximum absolute atomic E-state index is 17.3. The van der Waals surface area contributed by atoms with Crippen LogP contribution in [0.4, 0.5) is 27.6 Å². The first-order chi connectivity index (χ1) is 27.7. The van der Waals surface area contributed by atoms with Gasteiger partial charge in [-0.15, -0.1) is 0 Å². The number of nitrogens with zero attached hydrogens (tertiary/aromatic N) is 2. The predicted molar refractivity (Wildman–Crippen MR) is 224 cm³/mol. The van der Waals surface area contributed by atoms with Crippen LogP contribution < -0.4 is 15.7 Å². The maximum atomic E-state index is 17.3. The Hall–Kier alpha value is -4.55. The van der Waals surface area contributed by atoms with E-state index >= 15 is 17.6 Å². The lowest BCUT2D eigenvalue weighted by Gasteiger charge is -2.53. The molecular weight excluding hydrogens is 762 g/mol. The molecule has 0 unspecified atom stereocenters. The first-order valence-electron chi connectivity index (χ1n) is 20.0. The summed E-state index contributed by atoms with van der Waals surface area (Å²) in [7, 11) is -3.40.